The zero-order chi connectivity index (χ0) is 23.2. The predicted octanol–water partition coefficient (Wildman–Crippen LogP) is 6.25. The number of thiophene rings is 1. The lowest BCUT2D eigenvalue weighted by molar-refractivity contribution is 0.657. The van der Waals surface area contributed by atoms with Crippen LogP contribution in [0.3, 0.4) is 0 Å². The molecule has 168 valence electrons. The number of H-pyrrole nitrogens is 2. The maximum atomic E-state index is 13.6. The van der Waals surface area contributed by atoms with E-state index >= 15 is 0 Å². The lowest BCUT2D eigenvalue weighted by Crippen LogP contribution is -2.09. The molecule has 7 nitrogen and oxygen atoms in total. The molecule has 6 rings (SSSR count). The zero-order valence-electron chi connectivity index (χ0n) is 18.4. The van der Waals surface area contributed by atoms with Gasteiger partial charge >= 0.3 is 0 Å². The molecule has 0 spiro atoms. The molecule has 6 aromatic rings. The summed E-state index contributed by atoms with van der Waals surface area (Å²) in [6, 6.07) is 11.5. The van der Waals surface area contributed by atoms with E-state index < -0.39 is 0 Å². The Labute approximate surface area is 198 Å². The van der Waals surface area contributed by atoms with Gasteiger partial charge in [-0.25, -0.2) is 0 Å². The van der Waals surface area contributed by atoms with Gasteiger partial charge in [0.2, 0.25) is 0 Å². The maximum absolute atomic E-state index is 13.6. The molecule has 0 aliphatic carbocycles. The van der Waals surface area contributed by atoms with Gasteiger partial charge in [0.05, 0.1) is 39.4 Å². The van der Waals surface area contributed by atoms with Crippen LogP contribution in [-0.4, -0.2) is 36.2 Å². The van der Waals surface area contributed by atoms with E-state index in [4.69, 9.17) is 0 Å². The van der Waals surface area contributed by atoms with Crippen LogP contribution in [0.4, 0.5) is 10.1 Å². The molecule has 6 heterocycles. The second-order valence-electron chi connectivity index (χ2n) is 8.36. The third-order valence-corrected chi connectivity index (χ3v) is 6.43. The smallest absolute Gasteiger partial charge is 0.177 e. The number of pyridine rings is 3. The fourth-order valence-electron chi connectivity index (χ4n) is 4.09. The number of hydrogen-bond acceptors (Lipinski definition) is 6. The monoisotopic (exact) mass is 469 g/mol. The summed E-state index contributed by atoms with van der Waals surface area (Å²) >= 11 is 1.08. The van der Waals surface area contributed by atoms with Gasteiger partial charge in [0.15, 0.2) is 5.13 Å². The number of anilines is 1. The molecule has 0 aliphatic rings. The summed E-state index contributed by atoms with van der Waals surface area (Å²) < 4.78 is 13.6. The maximum Gasteiger partial charge on any atom is 0.177 e. The van der Waals surface area contributed by atoms with Gasteiger partial charge < -0.3 is 10.3 Å². The van der Waals surface area contributed by atoms with Crippen molar-refractivity contribution in [2.24, 2.45) is 0 Å². The Morgan fingerprint density at radius 3 is 2.65 bits per heavy atom. The highest BCUT2D eigenvalue weighted by atomic mass is 32.1. The van der Waals surface area contributed by atoms with Crippen molar-refractivity contribution in [1.82, 2.24) is 30.1 Å². The number of aromatic amines is 2. The summed E-state index contributed by atoms with van der Waals surface area (Å²) in [5.74, 6) is 0. The van der Waals surface area contributed by atoms with Crippen LogP contribution in [0.1, 0.15) is 13.8 Å². The Kier molecular flexibility index (Phi) is 4.84. The minimum atomic E-state index is -0.231. The Hall–Kier alpha value is -4.11. The molecule has 0 radical (unpaired) electrons. The molecule has 3 N–H and O–H groups in total. The molecule has 0 saturated heterocycles. The largest absolute Gasteiger partial charge is 0.382 e. The molecule has 0 saturated carbocycles. The Balaban J connectivity index is 1.45. The van der Waals surface area contributed by atoms with Gasteiger partial charge in [-0.1, -0.05) is 0 Å². The van der Waals surface area contributed by atoms with Crippen molar-refractivity contribution in [3.05, 3.63) is 66.3 Å². The Bertz CT molecular complexity index is 1650. The number of fused-ring (bicyclic) bond motifs is 2. The van der Waals surface area contributed by atoms with Gasteiger partial charge in [-0.2, -0.15) is 9.49 Å². The van der Waals surface area contributed by atoms with Gasteiger partial charge in [0.25, 0.3) is 0 Å². The van der Waals surface area contributed by atoms with Crippen molar-refractivity contribution in [3.63, 3.8) is 0 Å². The SMILES string of the molecule is CC(C)Nc1cncc(-c2cc3c(-c4cc5c(-c6ccc(F)s6)nccc5[nH]4)n[nH]c3cn2)c1. The van der Waals surface area contributed by atoms with Gasteiger partial charge in [0.1, 0.15) is 5.69 Å². The molecule has 0 bridgehead atoms. The summed E-state index contributed by atoms with van der Waals surface area (Å²) in [7, 11) is 0. The molecule has 0 amide bonds. The number of aromatic nitrogens is 6. The van der Waals surface area contributed by atoms with Crippen LogP contribution in [0.15, 0.2) is 61.2 Å². The van der Waals surface area contributed by atoms with E-state index in [1.54, 1.807) is 30.9 Å². The van der Waals surface area contributed by atoms with E-state index in [9.17, 15) is 4.39 Å². The summed E-state index contributed by atoms with van der Waals surface area (Å²) in [4.78, 5) is 17.7. The van der Waals surface area contributed by atoms with Crippen molar-refractivity contribution in [3.8, 4) is 33.2 Å². The van der Waals surface area contributed by atoms with Crippen molar-refractivity contribution in [2.75, 3.05) is 5.32 Å². The first-order valence-electron chi connectivity index (χ1n) is 10.8. The van der Waals surface area contributed by atoms with Crippen LogP contribution in [0.25, 0.3) is 55.0 Å². The molecular formula is C25H20FN7S. The molecule has 34 heavy (non-hydrogen) atoms. The van der Waals surface area contributed by atoms with Gasteiger partial charge in [-0.15, -0.1) is 11.3 Å². The zero-order valence-corrected chi connectivity index (χ0v) is 19.2. The Morgan fingerprint density at radius 2 is 1.82 bits per heavy atom. The topological polar surface area (TPSA) is 95.2 Å². The van der Waals surface area contributed by atoms with Crippen LogP contribution >= 0.6 is 11.3 Å². The van der Waals surface area contributed by atoms with Crippen LogP contribution in [0.2, 0.25) is 0 Å². The van der Waals surface area contributed by atoms with Crippen molar-refractivity contribution in [1.29, 1.82) is 0 Å². The molecule has 9 heteroatoms. The van der Waals surface area contributed by atoms with E-state index in [0.717, 1.165) is 72.0 Å². The number of nitrogens with zero attached hydrogens (tertiary/aromatic N) is 4. The third kappa shape index (κ3) is 3.60. The first-order valence-corrected chi connectivity index (χ1v) is 11.7. The first kappa shape index (κ1) is 20.5. The highest BCUT2D eigenvalue weighted by Gasteiger charge is 2.16. The van der Waals surface area contributed by atoms with Crippen molar-refractivity contribution < 1.29 is 4.39 Å². The molecule has 0 fully saturated rings. The first-order chi connectivity index (χ1) is 16.5. The minimum Gasteiger partial charge on any atom is -0.382 e. The van der Waals surface area contributed by atoms with E-state index in [0.29, 0.717) is 6.04 Å². The standard InChI is InChI=1S/C25H20FN7S/c1-13(2)30-15-7-14(10-27-11-15)19-8-17-21(12-29-19)32-33-24(17)20-9-16-18(31-20)5-6-28-25(16)22-3-4-23(26)34-22/h3-13,30-31H,1-2H3,(H,32,33). The number of rotatable bonds is 5. The van der Waals surface area contributed by atoms with Crippen molar-refractivity contribution >= 4 is 38.8 Å². The van der Waals surface area contributed by atoms with Crippen LogP contribution in [-0.2, 0) is 0 Å². The Morgan fingerprint density at radius 1 is 0.941 bits per heavy atom. The van der Waals surface area contributed by atoms with Crippen LogP contribution in [0, 0.1) is 5.13 Å². The minimum absolute atomic E-state index is 0.231. The lowest BCUT2D eigenvalue weighted by atomic mass is 10.1. The molecule has 0 unspecified atom stereocenters. The van der Waals surface area contributed by atoms with E-state index in [2.05, 4.69) is 49.3 Å². The van der Waals surface area contributed by atoms with Crippen LogP contribution in [0.5, 0.6) is 0 Å². The van der Waals surface area contributed by atoms with E-state index in [1.807, 2.05) is 24.3 Å². The van der Waals surface area contributed by atoms with E-state index in [-0.39, 0.29) is 5.13 Å². The van der Waals surface area contributed by atoms with Gasteiger partial charge in [-0.3, -0.25) is 20.1 Å². The normalized spacial score (nSPS) is 11.6. The summed E-state index contributed by atoms with van der Waals surface area (Å²) in [5, 5.41) is 12.6. The quantitative estimate of drug-likeness (QED) is 0.277. The highest BCUT2D eigenvalue weighted by Crippen LogP contribution is 2.35. The van der Waals surface area contributed by atoms with Crippen LogP contribution < -0.4 is 5.32 Å². The summed E-state index contributed by atoms with van der Waals surface area (Å²) in [5.41, 5.74) is 6.79. The summed E-state index contributed by atoms with van der Waals surface area (Å²) in [6.07, 6.45) is 7.13. The average molecular weight is 470 g/mol. The number of nitrogens with one attached hydrogen (secondary N) is 3. The van der Waals surface area contributed by atoms with Crippen molar-refractivity contribution in [2.45, 2.75) is 19.9 Å². The summed E-state index contributed by atoms with van der Waals surface area (Å²) in [6.45, 7) is 4.18. The third-order valence-electron chi connectivity index (χ3n) is 5.55. The molecule has 0 aliphatic heterocycles. The fraction of sp³-hybridized carbons (Fsp3) is 0.120. The molecule has 0 aromatic carbocycles. The second-order valence-corrected chi connectivity index (χ2v) is 9.39. The molecular weight excluding hydrogens is 449 g/mol. The fourth-order valence-corrected chi connectivity index (χ4v) is 4.83. The van der Waals surface area contributed by atoms with E-state index in [1.165, 1.54) is 6.07 Å². The van der Waals surface area contributed by atoms with Gasteiger partial charge in [0, 0.05) is 46.5 Å². The number of hydrogen-bond donors (Lipinski definition) is 3. The molecule has 6 aromatic heterocycles. The highest BCUT2D eigenvalue weighted by molar-refractivity contribution is 7.13. The lowest BCUT2D eigenvalue weighted by Gasteiger charge is -2.10. The molecule has 0 atom stereocenters. The second kappa shape index (κ2) is 8.03. The van der Waals surface area contributed by atoms with Gasteiger partial charge in [-0.05, 0) is 50.2 Å². The predicted molar refractivity (Wildman–Crippen MR) is 134 cm³/mol. The number of halogens is 1. The average Bonchev–Trinajstić information content (AvgIpc) is 3.55.